The second-order valence-corrected chi connectivity index (χ2v) is 9.59. The molecule has 1 aliphatic heterocycles. The largest absolute Gasteiger partial charge is 0.454 e. The number of hydrazone groups is 1. The molecule has 0 saturated heterocycles. The lowest BCUT2D eigenvalue weighted by atomic mass is 9.84. The van der Waals surface area contributed by atoms with Crippen molar-refractivity contribution in [2.75, 3.05) is 12.1 Å². The lowest BCUT2D eigenvalue weighted by molar-refractivity contribution is -0.118. The summed E-state index contributed by atoms with van der Waals surface area (Å²) in [7, 11) is 0. The molecule has 8 heteroatoms. The van der Waals surface area contributed by atoms with Crippen molar-refractivity contribution in [2.45, 2.75) is 50.4 Å². The number of nitrogens with two attached hydrogens (primary N) is 2. The molecule has 5 rings (SSSR count). The van der Waals surface area contributed by atoms with Crippen LogP contribution in [0.4, 0.5) is 5.69 Å². The summed E-state index contributed by atoms with van der Waals surface area (Å²) < 4.78 is 10.9. The Morgan fingerprint density at radius 3 is 2.70 bits per heavy atom. The number of anilines is 1. The number of hydrogen-bond acceptors (Lipinski definition) is 5. The van der Waals surface area contributed by atoms with Crippen molar-refractivity contribution < 1.29 is 14.3 Å². The number of carbonyl (C=O) groups is 1. The third-order valence-corrected chi connectivity index (χ3v) is 6.89. The molecule has 0 unspecified atom stereocenters. The van der Waals surface area contributed by atoms with Crippen molar-refractivity contribution in [3.63, 3.8) is 0 Å². The number of aromatic nitrogens is 1. The summed E-state index contributed by atoms with van der Waals surface area (Å²) in [4.78, 5) is 16.8. The fraction of sp³-hybridized carbons (Fsp3) is 0.360. The van der Waals surface area contributed by atoms with E-state index in [1.807, 2.05) is 36.4 Å². The van der Waals surface area contributed by atoms with Crippen molar-refractivity contribution >= 4 is 28.3 Å². The minimum absolute atomic E-state index is 0.00773. The summed E-state index contributed by atoms with van der Waals surface area (Å²) in [6, 6.07) is 13.8. The molecule has 1 aliphatic carbocycles. The third-order valence-electron chi connectivity index (χ3n) is 6.89. The minimum atomic E-state index is -0.508. The van der Waals surface area contributed by atoms with Crippen molar-refractivity contribution in [3.05, 3.63) is 53.7 Å². The molecule has 33 heavy (non-hydrogen) atoms. The van der Waals surface area contributed by atoms with Crippen LogP contribution in [0, 0.1) is 0 Å². The first-order valence-electron chi connectivity index (χ1n) is 11.2. The highest BCUT2D eigenvalue weighted by molar-refractivity contribution is 6.02. The maximum Gasteiger partial charge on any atom is 0.235 e. The lowest BCUT2D eigenvalue weighted by Crippen LogP contribution is -2.27. The molecule has 3 aromatic rings. The molecule has 0 spiro atoms. The first-order valence-corrected chi connectivity index (χ1v) is 11.2. The van der Waals surface area contributed by atoms with E-state index in [0.717, 1.165) is 52.9 Å². The number of aromatic amines is 1. The van der Waals surface area contributed by atoms with Gasteiger partial charge in [0, 0.05) is 34.1 Å². The smallest absolute Gasteiger partial charge is 0.235 e. The van der Waals surface area contributed by atoms with Crippen molar-refractivity contribution in [2.24, 2.45) is 16.7 Å². The molecule has 0 bridgehead atoms. The average Bonchev–Trinajstić information content (AvgIpc) is 3.29. The molecule has 2 aromatic carbocycles. The van der Waals surface area contributed by atoms with Gasteiger partial charge in [-0.15, -0.1) is 0 Å². The van der Waals surface area contributed by atoms with E-state index in [1.165, 1.54) is 0 Å². The van der Waals surface area contributed by atoms with E-state index in [2.05, 4.69) is 35.3 Å². The highest BCUT2D eigenvalue weighted by atomic mass is 16.7. The van der Waals surface area contributed by atoms with Gasteiger partial charge in [-0.1, -0.05) is 19.9 Å². The first kappa shape index (κ1) is 21.2. The summed E-state index contributed by atoms with van der Waals surface area (Å²) in [6.07, 6.45) is 3.08. The molecular formula is C25H29N5O3. The van der Waals surface area contributed by atoms with Gasteiger partial charge in [0.25, 0.3) is 0 Å². The fourth-order valence-electron chi connectivity index (χ4n) is 4.43. The van der Waals surface area contributed by atoms with E-state index in [0.29, 0.717) is 18.0 Å². The second-order valence-electron chi connectivity index (χ2n) is 9.59. The Kier molecular flexibility index (Phi) is 4.96. The molecule has 1 aromatic heterocycles. The van der Waals surface area contributed by atoms with E-state index in [1.54, 1.807) is 0 Å². The summed E-state index contributed by atoms with van der Waals surface area (Å²) in [5.41, 5.74) is 9.00. The predicted octanol–water partition coefficient (Wildman–Crippen LogP) is 3.86. The van der Waals surface area contributed by atoms with Gasteiger partial charge in [0.05, 0.1) is 5.41 Å². The Labute approximate surface area is 192 Å². The van der Waals surface area contributed by atoms with Crippen LogP contribution in [0.25, 0.3) is 10.9 Å². The van der Waals surface area contributed by atoms with Crippen LogP contribution < -0.4 is 26.4 Å². The molecule has 6 N–H and O–H groups in total. The van der Waals surface area contributed by atoms with E-state index in [-0.39, 0.29) is 18.1 Å². The van der Waals surface area contributed by atoms with Crippen LogP contribution >= 0.6 is 0 Å². The van der Waals surface area contributed by atoms with Crippen molar-refractivity contribution in [3.8, 4) is 11.5 Å². The summed E-state index contributed by atoms with van der Waals surface area (Å²) in [6.45, 7) is 4.54. The number of fused-ring (bicyclic) bond motifs is 2. The minimum Gasteiger partial charge on any atom is -0.454 e. The SMILES string of the molecule is CC(C)(CC/C(N)=N/N)c1cc2cc(NC(=O)C3(c4ccc5c(c4)OCO5)CC3)ccc2[nH]1. The summed E-state index contributed by atoms with van der Waals surface area (Å²) in [5, 5.41) is 7.74. The Balaban J connectivity index is 1.34. The van der Waals surface area contributed by atoms with Gasteiger partial charge in [-0.3, -0.25) is 4.79 Å². The molecule has 1 amide bonds. The zero-order valence-electron chi connectivity index (χ0n) is 18.9. The number of ether oxygens (including phenoxy) is 2. The molecule has 0 atom stereocenters. The lowest BCUT2D eigenvalue weighted by Gasteiger charge is -2.23. The third kappa shape index (κ3) is 3.86. The summed E-state index contributed by atoms with van der Waals surface area (Å²) in [5.74, 6) is 7.15. The van der Waals surface area contributed by atoms with Gasteiger partial charge in [0.1, 0.15) is 5.84 Å². The standard InChI is InChI=1S/C25H29N5O3/c1-24(2,8-7-22(26)30-27)21-12-15-11-17(4-5-18(15)29-21)28-23(31)25(9-10-25)16-3-6-19-20(13-16)33-14-32-19/h3-6,11-13,29H,7-10,14,27H2,1-2H3,(H2,26,30)(H,28,31). The monoisotopic (exact) mass is 447 g/mol. The van der Waals surface area contributed by atoms with Crippen LogP contribution in [0.3, 0.4) is 0 Å². The van der Waals surface area contributed by atoms with E-state index < -0.39 is 5.41 Å². The number of nitrogens with one attached hydrogen (secondary N) is 2. The highest BCUT2D eigenvalue weighted by Crippen LogP contribution is 2.51. The average molecular weight is 448 g/mol. The quantitative estimate of drug-likeness (QED) is 0.189. The molecule has 2 aliphatic rings. The number of nitrogens with zero attached hydrogens (tertiary/aromatic N) is 1. The van der Waals surface area contributed by atoms with Crippen LogP contribution in [0.2, 0.25) is 0 Å². The van der Waals surface area contributed by atoms with Crippen LogP contribution in [0.15, 0.2) is 47.6 Å². The molecule has 172 valence electrons. The van der Waals surface area contributed by atoms with Gasteiger partial charge in [0.15, 0.2) is 11.5 Å². The Morgan fingerprint density at radius 2 is 1.94 bits per heavy atom. The normalized spacial score (nSPS) is 16.7. The number of carbonyl (C=O) groups excluding carboxylic acids is 1. The maximum absolute atomic E-state index is 13.3. The zero-order chi connectivity index (χ0) is 23.2. The zero-order valence-corrected chi connectivity index (χ0v) is 18.9. The van der Waals surface area contributed by atoms with Gasteiger partial charge in [0.2, 0.25) is 12.7 Å². The van der Waals surface area contributed by atoms with Crippen LogP contribution in [-0.2, 0) is 15.6 Å². The van der Waals surface area contributed by atoms with Crippen LogP contribution in [-0.4, -0.2) is 23.5 Å². The molecule has 2 heterocycles. The summed E-state index contributed by atoms with van der Waals surface area (Å²) >= 11 is 0. The number of benzene rings is 2. The number of hydrogen-bond donors (Lipinski definition) is 4. The molecular weight excluding hydrogens is 418 g/mol. The number of rotatable bonds is 7. The Hall–Kier alpha value is -3.68. The van der Waals surface area contributed by atoms with Crippen molar-refractivity contribution in [1.29, 1.82) is 0 Å². The van der Waals surface area contributed by atoms with Crippen LogP contribution in [0.1, 0.15) is 50.8 Å². The van der Waals surface area contributed by atoms with Gasteiger partial charge in [-0.2, -0.15) is 5.10 Å². The Morgan fingerprint density at radius 1 is 1.15 bits per heavy atom. The predicted molar refractivity (Wildman–Crippen MR) is 128 cm³/mol. The molecule has 1 fully saturated rings. The van der Waals surface area contributed by atoms with Gasteiger partial charge in [-0.05, 0) is 61.2 Å². The number of H-pyrrole nitrogens is 1. The Bertz CT molecular complexity index is 1260. The molecule has 0 radical (unpaired) electrons. The van der Waals surface area contributed by atoms with E-state index in [4.69, 9.17) is 21.1 Å². The molecule has 1 saturated carbocycles. The van der Waals surface area contributed by atoms with Gasteiger partial charge >= 0.3 is 0 Å². The van der Waals surface area contributed by atoms with E-state index >= 15 is 0 Å². The van der Waals surface area contributed by atoms with Gasteiger partial charge < -0.3 is 31.4 Å². The highest BCUT2D eigenvalue weighted by Gasteiger charge is 2.51. The fourth-order valence-corrected chi connectivity index (χ4v) is 4.43. The topological polar surface area (TPSA) is 128 Å². The maximum atomic E-state index is 13.3. The first-order chi connectivity index (χ1) is 15.8. The molecule has 8 nitrogen and oxygen atoms in total. The number of amides is 1. The van der Waals surface area contributed by atoms with Gasteiger partial charge in [-0.25, -0.2) is 0 Å². The second kappa shape index (κ2) is 7.72. The van der Waals surface area contributed by atoms with E-state index in [9.17, 15) is 4.79 Å². The van der Waals surface area contributed by atoms with Crippen LogP contribution in [0.5, 0.6) is 11.5 Å². The van der Waals surface area contributed by atoms with Crippen molar-refractivity contribution in [1.82, 2.24) is 4.98 Å². The number of amidine groups is 1.